The van der Waals surface area contributed by atoms with E-state index in [1.807, 2.05) is 13.8 Å². The van der Waals surface area contributed by atoms with Crippen LogP contribution in [0.25, 0.3) is 0 Å². The topological polar surface area (TPSA) is 120 Å². The molecule has 0 spiro atoms. The van der Waals surface area contributed by atoms with Gasteiger partial charge in [0.05, 0.1) is 24.7 Å². The Labute approximate surface area is 277 Å². The molecular weight excluding hydrogens is 608 g/mol. The maximum Gasteiger partial charge on any atom is 0.329 e. The first kappa shape index (κ1) is 39.7. The van der Waals surface area contributed by atoms with Crippen LogP contribution in [0.2, 0.25) is 0 Å². The third kappa shape index (κ3) is 14.9. The SMILES string of the molecule is CCCCCCCCCCCCCCCCC(COC(CC)N1CC(=O)N(CCOS(=O)(=O)c2ccc(C)cc2)C1=O)OC(C)=O. The fraction of sp³-hybridized carbons (Fsp3) is 0.743. The van der Waals surface area contributed by atoms with Gasteiger partial charge in [0, 0.05) is 6.92 Å². The van der Waals surface area contributed by atoms with Crippen LogP contribution >= 0.6 is 0 Å². The second kappa shape index (κ2) is 22.1. The average Bonchev–Trinajstić information content (AvgIpc) is 3.29. The molecule has 0 saturated carbocycles. The van der Waals surface area contributed by atoms with Crippen LogP contribution in [0.4, 0.5) is 4.79 Å². The van der Waals surface area contributed by atoms with Gasteiger partial charge in [-0.1, -0.05) is 115 Å². The standard InChI is InChI=1S/C35H58N2O8S/c1-5-7-8-9-10-11-12-13-14-15-16-17-18-19-20-31(45-30(4)38)28-43-34(6-2)37-27-33(39)36(35(37)40)25-26-44-46(41,42)32-23-21-29(3)22-24-32/h21-24,31,34H,5-20,25-28H2,1-4H3. The van der Waals surface area contributed by atoms with Gasteiger partial charge < -0.3 is 9.47 Å². The highest BCUT2D eigenvalue weighted by Crippen LogP contribution is 2.20. The van der Waals surface area contributed by atoms with Gasteiger partial charge in [0.1, 0.15) is 18.9 Å². The van der Waals surface area contributed by atoms with Crippen molar-refractivity contribution in [2.75, 3.05) is 26.3 Å². The van der Waals surface area contributed by atoms with Crippen molar-refractivity contribution in [1.29, 1.82) is 0 Å². The first-order valence-electron chi connectivity index (χ1n) is 17.4. The van der Waals surface area contributed by atoms with Crippen LogP contribution in [0.3, 0.4) is 0 Å². The molecule has 0 aliphatic carbocycles. The third-order valence-corrected chi connectivity index (χ3v) is 9.66. The number of rotatable bonds is 26. The van der Waals surface area contributed by atoms with Crippen LogP contribution in [0.5, 0.6) is 0 Å². The molecule has 46 heavy (non-hydrogen) atoms. The molecule has 2 unspecified atom stereocenters. The summed E-state index contributed by atoms with van der Waals surface area (Å²) in [6, 6.07) is 5.66. The van der Waals surface area contributed by atoms with Crippen molar-refractivity contribution in [3.63, 3.8) is 0 Å². The highest BCUT2D eigenvalue weighted by molar-refractivity contribution is 7.86. The molecule has 1 aliphatic rings. The first-order valence-corrected chi connectivity index (χ1v) is 18.9. The number of ether oxygens (including phenoxy) is 2. The number of hydrogen-bond donors (Lipinski definition) is 0. The van der Waals surface area contributed by atoms with Gasteiger partial charge >= 0.3 is 12.0 Å². The lowest BCUT2D eigenvalue weighted by Crippen LogP contribution is -2.42. The number of carbonyl (C=O) groups excluding carboxylic acids is 3. The zero-order valence-electron chi connectivity index (χ0n) is 28.7. The first-order chi connectivity index (χ1) is 22.1. The molecule has 1 saturated heterocycles. The number of benzene rings is 1. The van der Waals surface area contributed by atoms with E-state index >= 15 is 0 Å². The van der Waals surface area contributed by atoms with Crippen LogP contribution in [0.15, 0.2) is 29.2 Å². The quantitative estimate of drug-likeness (QED) is 0.0431. The van der Waals surface area contributed by atoms with Crippen molar-refractivity contribution >= 4 is 28.0 Å². The maximum atomic E-state index is 13.1. The van der Waals surface area contributed by atoms with E-state index in [4.69, 9.17) is 13.7 Å². The van der Waals surface area contributed by atoms with E-state index in [0.29, 0.717) is 12.8 Å². The molecule has 1 heterocycles. The van der Waals surface area contributed by atoms with Crippen molar-refractivity contribution in [3.8, 4) is 0 Å². The second-order valence-electron chi connectivity index (χ2n) is 12.4. The van der Waals surface area contributed by atoms with Crippen molar-refractivity contribution in [2.45, 2.75) is 148 Å². The number of urea groups is 1. The molecule has 3 amide bonds. The average molecular weight is 667 g/mol. The van der Waals surface area contributed by atoms with Crippen molar-refractivity contribution < 1.29 is 36.5 Å². The lowest BCUT2D eigenvalue weighted by atomic mass is 10.0. The number of nitrogens with zero attached hydrogens (tertiary/aromatic N) is 2. The number of imide groups is 1. The van der Waals surface area contributed by atoms with E-state index < -0.39 is 34.4 Å². The normalized spacial score (nSPS) is 15.0. The van der Waals surface area contributed by atoms with Crippen LogP contribution < -0.4 is 0 Å². The third-order valence-electron chi connectivity index (χ3n) is 8.33. The highest BCUT2D eigenvalue weighted by atomic mass is 32.2. The molecule has 2 atom stereocenters. The monoisotopic (exact) mass is 666 g/mol. The molecule has 1 aliphatic heterocycles. The summed E-state index contributed by atoms with van der Waals surface area (Å²) in [4.78, 5) is 39.8. The predicted octanol–water partition coefficient (Wildman–Crippen LogP) is 7.52. The lowest BCUT2D eigenvalue weighted by molar-refractivity contribution is -0.153. The molecule has 262 valence electrons. The van der Waals surface area contributed by atoms with Gasteiger partial charge in [-0.25, -0.2) is 4.79 Å². The van der Waals surface area contributed by atoms with Gasteiger partial charge in [0.25, 0.3) is 10.1 Å². The molecule has 2 rings (SSSR count). The van der Waals surface area contributed by atoms with Crippen LogP contribution in [-0.2, 0) is 33.4 Å². The summed E-state index contributed by atoms with van der Waals surface area (Å²) in [7, 11) is -4.02. The number of unbranched alkanes of at least 4 members (excludes halogenated alkanes) is 13. The largest absolute Gasteiger partial charge is 0.460 e. The minimum Gasteiger partial charge on any atom is -0.460 e. The maximum absolute atomic E-state index is 13.1. The molecule has 0 N–H and O–H groups in total. The van der Waals surface area contributed by atoms with Crippen LogP contribution in [-0.4, -0.2) is 74.8 Å². The molecule has 10 nitrogen and oxygen atoms in total. The summed E-state index contributed by atoms with van der Waals surface area (Å²) < 4.78 is 41.5. The Morgan fingerprint density at radius 2 is 1.39 bits per heavy atom. The molecule has 0 radical (unpaired) electrons. The number of esters is 1. The van der Waals surface area contributed by atoms with Gasteiger partial charge in [-0.15, -0.1) is 0 Å². The van der Waals surface area contributed by atoms with Crippen molar-refractivity contribution in [3.05, 3.63) is 29.8 Å². The Balaban J connectivity index is 1.70. The summed E-state index contributed by atoms with van der Waals surface area (Å²) in [6.07, 6.45) is 17.7. The molecule has 11 heteroatoms. The Hall–Kier alpha value is -2.50. The lowest BCUT2D eigenvalue weighted by Gasteiger charge is -2.28. The fourth-order valence-corrected chi connectivity index (χ4v) is 6.54. The molecule has 0 aromatic heterocycles. The van der Waals surface area contributed by atoms with Gasteiger partial charge in [-0.2, -0.15) is 8.42 Å². The summed E-state index contributed by atoms with van der Waals surface area (Å²) in [5, 5.41) is 0. The smallest absolute Gasteiger partial charge is 0.329 e. The van der Waals surface area contributed by atoms with E-state index in [-0.39, 0.29) is 37.2 Å². The molecule has 0 bridgehead atoms. The predicted molar refractivity (Wildman–Crippen MR) is 179 cm³/mol. The Morgan fingerprint density at radius 3 is 1.91 bits per heavy atom. The van der Waals surface area contributed by atoms with E-state index in [2.05, 4.69) is 6.92 Å². The molecule has 1 aromatic rings. The van der Waals surface area contributed by atoms with Crippen LogP contribution in [0, 0.1) is 6.92 Å². The highest BCUT2D eigenvalue weighted by Gasteiger charge is 2.40. The second-order valence-corrected chi connectivity index (χ2v) is 14.0. The Kier molecular flexibility index (Phi) is 19.1. The number of carbonyl (C=O) groups is 3. The minimum atomic E-state index is -4.02. The van der Waals surface area contributed by atoms with Crippen molar-refractivity contribution in [2.24, 2.45) is 0 Å². The van der Waals surface area contributed by atoms with E-state index in [9.17, 15) is 22.8 Å². The van der Waals surface area contributed by atoms with E-state index in [1.165, 1.54) is 94.6 Å². The molecular formula is C35H58N2O8S. The summed E-state index contributed by atoms with van der Waals surface area (Å²) in [5.41, 5.74) is 0.911. The van der Waals surface area contributed by atoms with E-state index in [1.54, 1.807) is 12.1 Å². The minimum absolute atomic E-state index is 0.00895. The Bertz CT molecular complexity index is 1140. The van der Waals surface area contributed by atoms with Gasteiger partial charge in [-0.05, 0) is 38.3 Å². The van der Waals surface area contributed by atoms with Gasteiger partial charge in [0.15, 0.2) is 0 Å². The number of aryl methyl sites for hydroxylation is 1. The Morgan fingerprint density at radius 1 is 0.848 bits per heavy atom. The molecule has 1 fully saturated rings. The summed E-state index contributed by atoms with van der Waals surface area (Å²) >= 11 is 0. The van der Waals surface area contributed by atoms with Gasteiger partial charge in [-0.3, -0.25) is 23.6 Å². The van der Waals surface area contributed by atoms with Crippen LogP contribution in [0.1, 0.15) is 129 Å². The number of hydrogen-bond acceptors (Lipinski definition) is 8. The van der Waals surface area contributed by atoms with Gasteiger partial charge in [0.2, 0.25) is 5.91 Å². The molecule has 1 aromatic carbocycles. The zero-order chi connectivity index (χ0) is 33.8. The number of amides is 3. The summed E-state index contributed by atoms with van der Waals surface area (Å²) in [5.74, 6) is -0.839. The zero-order valence-corrected chi connectivity index (χ0v) is 29.5. The van der Waals surface area contributed by atoms with Crippen molar-refractivity contribution in [1.82, 2.24) is 9.80 Å². The van der Waals surface area contributed by atoms with E-state index in [0.717, 1.165) is 29.7 Å². The summed E-state index contributed by atoms with van der Waals surface area (Å²) in [6.45, 7) is 6.69. The fourth-order valence-electron chi connectivity index (χ4n) is 5.64.